The molecule has 0 aromatic carbocycles. The second-order valence-electron chi connectivity index (χ2n) is 0. The van der Waals surface area contributed by atoms with Crippen molar-refractivity contribution < 1.29 is 61.8 Å². The first-order chi connectivity index (χ1) is 0. The van der Waals surface area contributed by atoms with Gasteiger partial charge in [0.2, 0.25) is 0 Å². The van der Waals surface area contributed by atoms with Crippen LogP contribution >= 0.6 is 0 Å². The molecule has 0 unspecified atom stereocenters. The van der Waals surface area contributed by atoms with Crippen molar-refractivity contribution in [3.63, 3.8) is 0 Å². The molecule has 0 nitrogen and oxygen atoms in total. The molecule has 0 bridgehead atoms. The summed E-state index contributed by atoms with van der Waals surface area (Å²) in [6, 6.07) is 0. The zero-order chi connectivity index (χ0) is 0. The molecule has 0 saturated heterocycles. The summed E-state index contributed by atoms with van der Waals surface area (Å²) in [5.41, 5.74) is 0. The van der Waals surface area contributed by atoms with Gasteiger partial charge in [-0.15, -0.1) is 0 Å². The SMILES string of the molecule is [Ag].[AlH3].[Au].[Cu].[MgH2].[SiH4]. The van der Waals surface area contributed by atoms with Crippen molar-refractivity contribution in [3.8, 4) is 0 Å². The van der Waals surface area contributed by atoms with E-state index in [1.54, 1.807) is 0 Å². The molecule has 0 aromatic heterocycles. The number of hydrogen-bond acceptors (Lipinski definition) is 0. The third-order valence-corrected chi connectivity index (χ3v) is 0. The molecule has 0 heterocycles. The molecule has 0 fully saturated rings. The number of hydrogen-bond donors (Lipinski definition) is 0. The van der Waals surface area contributed by atoms with Gasteiger partial charge in [0.25, 0.3) is 0 Å². The van der Waals surface area contributed by atoms with Gasteiger partial charge in [0, 0.05) is 61.8 Å². The summed E-state index contributed by atoms with van der Waals surface area (Å²) in [6.07, 6.45) is 0. The average Bonchev–Trinajstić information content (AvgIpc) is 0. The Morgan fingerprint density at radius 3 is 1.00 bits per heavy atom. The van der Waals surface area contributed by atoms with E-state index in [1.165, 1.54) is 0 Å². The summed E-state index contributed by atoms with van der Waals surface area (Å²) in [6.45, 7) is 0. The summed E-state index contributed by atoms with van der Waals surface area (Å²) >= 11 is 0. The van der Waals surface area contributed by atoms with Crippen LogP contribution in [0, 0.1) is 0 Å². The second kappa shape index (κ2) is 38.9. The first-order valence-electron chi connectivity index (χ1n) is 0. The van der Waals surface area contributed by atoms with E-state index in [4.69, 9.17) is 0 Å². The molecule has 0 aliphatic rings. The zero-order valence-corrected chi connectivity index (χ0v) is 5.49. The maximum atomic E-state index is 0. The second-order valence-corrected chi connectivity index (χ2v) is 0. The Morgan fingerprint density at radius 1 is 1.00 bits per heavy atom. The Balaban J connectivity index is 0. The molecule has 51 valence electrons. The molecule has 0 spiro atoms. The predicted molar refractivity (Wildman–Crippen MR) is 29.8 cm³/mol. The predicted octanol–water partition coefficient (Wildman–Crippen LogP) is -3.56. The summed E-state index contributed by atoms with van der Waals surface area (Å²) in [5.74, 6) is 0. The minimum absolute atomic E-state index is 0. The first kappa shape index (κ1) is 55.8. The average molecular weight is 457 g/mol. The molecule has 0 aliphatic carbocycles. The zero-order valence-electron chi connectivity index (χ0n) is 0.905. The first-order valence-corrected chi connectivity index (χ1v) is 0. The molecule has 0 amide bonds. The summed E-state index contributed by atoms with van der Waals surface area (Å²) in [7, 11) is 0. The van der Waals surface area contributed by atoms with Gasteiger partial charge in [-0.05, 0) is 11.0 Å². The van der Waals surface area contributed by atoms with Gasteiger partial charge in [0.05, 0.1) is 0 Å². The molecular weight excluding hydrogens is 448 g/mol. The standard InChI is InChI=1S/Ag.Al.Au.Cu.Mg.H4Si.5H/h;;;;;1H4;;;;;. The molecule has 3 radical (unpaired) electrons. The van der Waals surface area contributed by atoms with E-state index < -0.39 is 0 Å². The van der Waals surface area contributed by atoms with Crippen LogP contribution in [-0.4, -0.2) is 51.4 Å². The third-order valence-electron chi connectivity index (χ3n) is 0. The largest absolute Gasteiger partial charge is 0.316 e. The number of rotatable bonds is 0. The molecule has 0 aromatic rings. The minimum atomic E-state index is 0. The van der Waals surface area contributed by atoms with Crippen LogP contribution in [0.1, 0.15) is 0 Å². The Hall–Kier alpha value is 3.52. The van der Waals surface area contributed by atoms with Crippen LogP contribution in [0.15, 0.2) is 0 Å². The van der Waals surface area contributed by atoms with Gasteiger partial charge < -0.3 is 0 Å². The van der Waals surface area contributed by atoms with Crippen LogP contribution in [0.5, 0.6) is 0 Å². The molecule has 0 atom stereocenters. The molecule has 0 N–H and O–H groups in total. The van der Waals surface area contributed by atoms with Crippen LogP contribution in [0.3, 0.4) is 0 Å². The van der Waals surface area contributed by atoms with Crippen LogP contribution in [0.25, 0.3) is 0 Å². The normalized spacial score (nSPS) is 0. The summed E-state index contributed by atoms with van der Waals surface area (Å²) in [4.78, 5) is 0. The van der Waals surface area contributed by atoms with Gasteiger partial charge in [-0.25, -0.2) is 0 Å². The fourth-order valence-corrected chi connectivity index (χ4v) is 0. The van der Waals surface area contributed by atoms with Crippen LogP contribution in [-0.2, 0) is 61.8 Å². The van der Waals surface area contributed by atoms with Gasteiger partial charge in [-0.3, -0.25) is 0 Å². The van der Waals surface area contributed by atoms with Crippen LogP contribution in [0.2, 0.25) is 0 Å². The van der Waals surface area contributed by atoms with E-state index >= 15 is 0 Å². The fraction of sp³-hybridized carbons (Fsp3) is 0. The Bertz CT molecular complexity index is 15.5. The fourth-order valence-electron chi connectivity index (χ4n) is 0. The smallest absolute Gasteiger partial charge is 0.0149 e. The van der Waals surface area contributed by atoms with Crippen molar-refractivity contribution in [1.29, 1.82) is 0 Å². The van der Waals surface area contributed by atoms with Crippen LogP contribution < -0.4 is 0 Å². The van der Waals surface area contributed by atoms with Gasteiger partial charge in [0.15, 0.2) is 17.4 Å². The summed E-state index contributed by atoms with van der Waals surface area (Å²) in [5, 5.41) is 0. The van der Waals surface area contributed by atoms with Gasteiger partial charge in [-0.2, -0.15) is 0 Å². The van der Waals surface area contributed by atoms with Crippen molar-refractivity contribution >= 4 is 51.4 Å². The van der Waals surface area contributed by atoms with Crippen LogP contribution in [0.4, 0.5) is 0 Å². The Kier molecular flexibility index (Phi) is 362. The maximum absolute atomic E-state index is 0. The maximum Gasteiger partial charge on any atom is 0.316 e. The molecule has 0 rings (SSSR count). The van der Waals surface area contributed by atoms with Gasteiger partial charge in [0.1, 0.15) is 0 Å². The van der Waals surface area contributed by atoms with Crippen molar-refractivity contribution in [2.45, 2.75) is 0 Å². The van der Waals surface area contributed by atoms with Crippen molar-refractivity contribution in [2.24, 2.45) is 0 Å². The van der Waals surface area contributed by atoms with Gasteiger partial charge in [-0.1, -0.05) is 0 Å². The molecule has 0 aliphatic heterocycles. The van der Waals surface area contributed by atoms with E-state index in [-0.39, 0.29) is 113 Å². The molecule has 0 saturated carbocycles. The minimum Gasteiger partial charge on any atom is -0.0149 e. The molecule has 6 heteroatoms. The van der Waals surface area contributed by atoms with E-state index in [0.29, 0.717) is 0 Å². The molecular formula is H9AgAlAuCuMgSi. The Morgan fingerprint density at radius 2 is 1.00 bits per heavy atom. The van der Waals surface area contributed by atoms with E-state index in [2.05, 4.69) is 0 Å². The topological polar surface area (TPSA) is 0 Å². The van der Waals surface area contributed by atoms with E-state index in [0.717, 1.165) is 0 Å². The summed E-state index contributed by atoms with van der Waals surface area (Å²) < 4.78 is 0. The third kappa shape index (κ3) is 25.8. The van der Waals surface area contributed by atoms with E-state index in [9.17, 15) is 0 Å². The monoisotopic (exact) mass is 455 g/mol. The van der Waals surface area contributed by atoms with Crippen molar-refractivity contribution in [3.05, 3.63) is 0 Å². The van der Waals surface area contributed by atoms with E-state index in [1.807, 2.05) is 0 Å². The Labute approximate surface area is 111 Å². The van der Waals surface area contributed by atoms with Gasteiger partial charge >= 0.3 is 23.1 Å². The quantitative estimate of drug-likeness (QED) is 0.331. The van der Waals surface area contributed by atoms with Crippen molar-refractivity contribution in [2.75, 3.05) is 0 Å². The van der Waals surface area contributed by atoms with Crippen molar-refractivity contribution in [1.82, 2.24) is 0 Å². The molecule has 6 heavy (non-hydrogen) atoms.